The number of nitrogens with zero attached hydrogens (tertiary/aromatic N) is 5. The molecule has 4 heterocycles. The lowest BCUT2D eigenvalue weighted by molar-refractivity contribution is -0.0437. The van der Waals surface area contributed by atoms with Crippen LogP contribution in [0.5, 0.6) is 0 Å². The molecule has 4 rings (SSSR count). The van der Waals surface area contributed by atoms with Crippen LogP contribution in [0.1, 0.15) is 12.6 Å². The van der Waals surface area contributed by atoms with E-state index in [0.29, 0.717) is 42.2 Å². The van der Waals surface area contributed by atoms with Gasteiger partial charge in [-0.2, -0.15) is 0 Å². The van der Waals surface area contributed by atoms with E-state index in [1.807, 2.05) is 0 Å². The fraction of sp³-hybridized carbons (Fsp3) is 0.643. The third-order valence-electron chi connectivity index (χ3n) is 4.71. The Bertz CT molecular complexity index is 908. The van der Waals surface area contributed by atoms with Crippen molar-refractivity contribution in [3.8, 4) is 0 Å². The number of ether oxygens (including phenoxy) is 2. The summed E-state index contributed by atoms with van der Waals surface area (Å²) in [6.07, 6.45) is -0.722. The van der Waals surface area contributed by atoms with Gasteiger partial charge in [-0.05, 0) is 15.9 Å². The number of morpholine rings is 1. The minimum Gasteiger partial charge on any atom is -0.390 e. The first-order valence-electron chi connectivity index (χ1n) is 8.65. The number of imidazole rings is 1. The molecular formula is C14H20BrN6O6P. The van der Waals surface area contributed by atoms with Gasteiger partial charge in [0.1, 0.15) is 18.7 Å². The lowest BCUT2D eigenvalue weighted by Gasteiger charge is -2.30. The standard InChI is InChI=1S/C14H20BrN6O6P/c15-14-19-11-12(16)17-7-18-13(11)21(14)10-5-8(22)9(27-10)6-26-28(23,24)20-1-3-25-4-2-20/h7-10,22H,1-6H2,(H,23,24)(H2,16,17,18)/t8-,9+,10+/m0/s1. The van der Waals surface area contributed by atoms with E-state index in [1.165, 1.54) is 11.0 Å². The minimum absolute atomic E-state index is 0.231. The molecule has 154 valence electrons. The second-order valence-electron chi connectivity index (χ2n) is 6.47. The van der Waals surface area contributed by atoms with Gasteiger partial charge in [0.15, 0.2) is 21.7 Å². The van der Waals surface area contributed by atoms with E-state index in [4.69, 9.17) is 19.7 Å². The van der Waals surface area contributed by atoms with Crippen molar-refractivity contribution < 1.29 is 28.6 Å². The van der Waals surface area contributed by atoms with Crippen LogP contribution in [0.4, 0.5) is 5.82 Å². The molecule has 0 aliphatic carbocycles. The molecule has 0 aromatic carbocycles. The van der Waals surface area contributed by atoms with Crippen LogP contribution in [0.15, 0.2) is 11.1 Å². The van der Waals surface area contributed by atoms with E-state index in [-0.39, 0.29) is 18.8 Å². The zero-order valence-corrected chi connectivity index (χ0v) is 17.2. The minimum atomic E-state index is -3.99. The summed E-state index contributed by atoms with van der Waals surface area (Å²) >= 11 is 3.35. The fourth-order valence-electron chi connectivity index (χ4n) is 3.24. The molecule has 2 fully saturated rings. The van der Waals surface area contributed by atoms with Crippen LogP contribution in [-0.4, -0.2) is 79.3 Å². The predicted molar refractivity (Wildman–Crippen MR) is 100 cm³/mol. The Morgan fingerprint density at radius 3 is 2.89 bits per heavy atom. The summed E-state index contributed by atoms with van der Waals surface area (Å²) in [6, 6.07) is 0. The first kappa shape index (κ1) is 20.1. The average molecular weight is 479 g/mol. The zero-order valence-electron chi connectivity index (χ0n) is 14.7. The first-order chi connectivity index (χ1) is 13.4. The Morgan fingerprint density at radius 2 is 2.14 bits per heavy atom. The van der Waals surface area contributed by atoms with Crippen LogP contribution in [0.3, 0.4) is 0 Å². The maximum absolute atomic E-state index is 12.4. The number of halogens is 1. The largest absolute Gasteiger partial charge is 0.405 e. The number of aliphatic hydroxyl groups excluding tert-OH is 1. The molecule has 0 radical (unpaired) electrons. The van der Waals surface area contributed by atoms with Crippen molar-refractivity contribution in [1.82, 2.24) is 24.2 Å². The van der Waals surface area contributed by atoms with Gasteiger partial charge < -0.3 is 25.2 Å². The summed E-state index contributed by atoms with van der Waals surface area (Å²) in [5.74, 6) is 0.231. The molecule has 28 heavy (non-hydrogen) atoms. The van der Waals surface area contributed by atoms with Crippen molar-refractivity contribution in [3.63, 3.8) is 0 Å². The lowest BCUT2D eigenvalue weighted by Crippen LogP contribution is -2.35. The van der Waals surface area contributed by atoms with Gasteiger partial charge in [0, 0.05) is 19.5 Å². The number of fused-ring (bicyclic) bond motifs is 1. The highest BCUT2D eigenvalue weighted by atomic mass is 79.9. The third-order valence-corrected chi connectivity index (χ3v) is 6.87. The SMILES string of the molecule is Nc1ncnc2c1nc(Br)n2[C@H]1C[C@H](O)[C@@H](COP(=O)(O)N2CCOCC2)O1. The van der Waals surface area contributed by atoms with Crippen molar-refractivity contribution in [3.05, 3.63) is 11.1 Å². The number of aliphatic hydroxyl groups is 1. The summed E-state index contributed by atoms with van der Waals surface area (Å²) in [5.41, 5.74) is 6.70. The number of aromatic nitrogens is 4. The van der Waals surface area contributed by atoms with Gasteiger partial charge in [-0.1, -0.05) is 0 Å². The van der Waals surface area contributed by atoms with Gasteiger partial charge in [0.25, 0.3) is 0 Å². The number of nitrogen functional groups attached to an aromatic ring is 1. The van der Waals surface area contributed by atoms with Gasteiger partial charge in [-0.25, -0.2) is 24.2 Å². The van der Waals surface area contributed by atoms with E-state index >= 15 is 0 Å². The molecule has 4 atom stereocenters. The molecule has 2 aromatic heterocycles. The Hall–Kier alpha value is -1.18. The molecule has 1 unspecified atom stereocenters. The Kier molecular flexibility index (Phi) is 5.69. The molecule has 0 amide bonds. The third kappa shape index (κ3) is 3.81. The molecule has 2 aliphatic heterocycles. The average Bonchev–Trinajstić information content (AvgIpc) is 3.20. The van der Waals surface area contributed by atoms with Crippen molar-refractivity contribution in [2.24, 2.45) is 0 Å². The highest BCUT2D eigenvalue weighted by Crippen LogP contribution is 2.47. The topological polar surface area (TPSA) is 158 Å². The van der Waals surface area contributed by atoms with E-state index in [1.54, 1.807) is 4.57 Å². The van der Waals surface area contributed by atoms with Gasteiger partial charge in [-0.15, -0.1) is 0 Å². The zero-order chi connectivity index (χ0) is 19.9. The number of rotatable bonds is 5. The molecule has 4 N–H and O–H groups in total. The summed E-state index contributed by atoms with van der Waals surface area (Å²) in [4.78, 5) is 22.5. The maximum Gasteiger partial charge on any atom is 0.405 e. The molecule has 14 heteroatoms. The summed E-state index contributed by atoms with van der Waals surface area (Å²) in [6.45, 7) is 1.11. The molecule has 12 nitrogen and oxygen atoms in total. The number of nitrogens with two attached hydrogens (primary N) is 1. The Morgan fingerprint density at radius 1 is 1.39 bits per heavy atom. The lowest BCUT2D eigenvalue weighted by atomic mass is 10.2. The highest BCUT2D eigenvalue weighted by molar-refractivity contribution is 9.10. The highest BCUT2D eigenvalue weighted by Gasteiger charge is 2.40. The van der Waals surface area contributed by atoms with Crippen LogP contribution in [-0.2, 0) is 18.6 Å². The van der Waals surface area contributed by atoms with Gasteiger partial charge in [0.2, 0.25) is 0 Å². The van der Waals surface area contributed by atoms with Gasteiger partial charge >= 0.3 is 7.75 Å². The number of hydrogen-bond donors (Lipinski definition) is 3. The molecule has 0 saturated carbocycles. The molecular weight excluding hydrogens is 459 g/mol. The van der Waals surface area contributed by atoms with Crippen LogP contribution in [0, 0.1) is 0 Å². The Balaban J connectivity index is 1.46. The van der Waals surface area contributed by atoms with Crippen molar-refractivity contribution >= 4 is 40.7 Å². The second kappa shape index (κ2) is 7.92. The molecule has 2 saturated heterocycles. The Labute approximate surface area is 168 Å². The number of anilines is 1. The second-order valence-corrected chi connectivity index (χ2v) is 8.98. The summed E-state index contributed by atoms with van der Waals surface area (Å²) in [5, 5.41) is 10.4. The van der Waals surface area contributed by atoms with Crippen molar-refractivity contribution in [1.29, 1.82) is 0 Å². The quantitative estimate of drug-likeness (QED) is 0.399. The van der Waals surface area contributed by atoms with Crippen LogP contribution < -0.4 is 5.73 Å². The van der Waals surface area contributed by atoms with E-state index in [2.05, 4.69) is 30.9 Å². The molecule has 2 aromatic rings. The van der Waals surface area contributed by atoms with Crippen LogP contribution in [0.25, 0.3) is 11.2 Å². The number of hydrogen-bond acceptors (Lipinski definition) is 9. The van der Waals surface area contributed by atoms with Gasteiger partial charge in [0.05, 0.1) is 25.9 Å². The smallest absolute Gasteiger partial charge is 0.390 e. The summed E-state index contributed by atoms with van der Waals surface area (Å²) < 4.78 is 32.1. The molecule has 0 spiro atoms. The van der Waals surface area contributed by atoms with E-state index in [9.17, 15) is 14.6 Å². The van der Waals surface area contributed by atoms with Crippen LogP contribution >= 0.6 is 23.7 Å². The summed E-state index contributed by atoms with van der Waals surface area (Å²) in [7, 11) is -3.99. The molecule has 2 aliphatic rings. The maximum atomic E-state index is 12.4. The van der Waals surface area contributed by atoms with Crippen molar-refractivity contribution in [2.45, 2.75) is 24.9 Å². The van der Waals surface area contributed by atoms with E-state index in [0.717, 1.165) is 0 Å². The monoisotopic (exact) mass is 478 g/mol. The fourth-order valence-corrected chi connectivity index (χ4v) is 4.98. The predicted octanol–water partition coefficient (Wildman–Crippen LogP) is 0.269. The van der Waals surface area contributed by atoms with Gasteiger partial charge in [-0.3, -0.25) is 9.09 Å². The molecule has 0 bridgehead atoms. The first-order valence-corrected chi connectivity index (χ1v) is 11.0. The van der Waals surface area contributed by atoms with E-state index < -0.39 is 26.2 Å². The van der Waals surface area contributed by atoms with Crippen molar-refractivity contribution in [2.75, 3.05) is 38.6 Å². The van der Waals surface area contributed by atoms with Crippen LogP contribution in [0.2, 0.25) is 0 Å². The normalized spacial score (nSPS) is 28.6.